The number of nitrogens with one attached hydrogen (secondary N) is 3. The number of amides is 2. The number of benzene rings is 10. The number of hydrogen-bond acceptors (Lipinski definition) is 22. The molecule has 0 saturated heterocycles. The lowest BCUT2D eigenvalue weighted by atomic mass is 9.96. The van der Waals surface area contributed by atoms with Crippen molar-refractivity contribution >= 4 is 103 Å². The number of aromatic amines is 1. The van der Waals surface area contributed by atoms with Crippen LogP contribution >= 0.6 is 0 Å². The number of esters is 2. The monoisotopic (exact) mass is 1780 g/mol. The van der Waals surface area contributed by atoms with Gasteiger partial charge in [0.25, 0.3) is 27.4 Å². The molecule has 2 aromatic heterocycles. The van der Waals surface area contributed by atoms with Gasteiger partial charge in [0.15, 0.2) is 0 Å². The van der Waals surface area contributed by atoms with Gasteiger partial charge in [0, 0.05) is 71.2 Å². The van der Waals surface area contributed by atoms with E-state index in [1.54, 1.807) is 82.8 Å². The SMILES string of the molecule is CC1=NN(c2ccc(C(=O)O)cc2)C(=O)C1=Cc1c(C)[nH]n(-c2ccc(C(=O)O)cc2)c1=O.CCc1cc(CC)cc(C(=O)Nc2cc(O)ccc2O)c1.COC(=O)C(C)n1cc(C=C2C(=O)ON=C2c2ccc(NS(=O)(=O)c3cccc(C(=O)OCCC(C)OC)c3)cc2)c2ccccc21.Cc1cc(C)c(O)c(Cc2cc(C)cc(C)c2O)c1.Cc1cc(O)c(C)cc1O. The fourth-order valence-electron chi connectivity index (χ4n) is 13.8. The molecule has 2 amide bonds. The molecule has 14 rings (SSSR count). The maximum absolute atomic E-state index is 13.2. The number of hydrogen-bond donors (Lipinski definition) is 11. The molecular formula is C99H100N8O22S. The number of fused-ring (bicyclic) bond motifs is 1. The third-order valence-corrected chi connectivity index (χ3v) is 22.6. The van der Waals surface area contributed by atoms with Crippen LogP contribution in [0.15, 0.2) is 231 Å². The summed E-state index contributed by atoms with van der Waals surface area (Å²) in [4.78, 5) is 103. The lowest BCUT2D eigenvalue weighted by molar-refractivity contribution is -0.144. The lowest BCUT2D eigenvalue weighted by Gasteiger charge is -2.12. The number of anilines is 3. The van der Waals surface area contributed by atoms with E-state index in [0.29, 0.717) is 74.9 Å². The average molecular weight is 1790 g/mol. The minimum Gasteiger partial charge on any atom is -0.508 e. The van der Waals surface area contributed by atoms with Crippen LogP contribution in [0, 0.1) is 48.5 Å². The van der Waals surface area contributed by atoms with Gasteiger partial charge >= 0.3 is 29.8 Å². The van der Waals surface area contributed by atoms with Gasteiger partial charge in [-0.25, -0.2) is 37.1 Å². The zero-order valence-corrected chi connectivity index (χ0v) is 74.7. The maximum atomic E-state index is 13.2. The molecule has 2 unspecified atom stereocenters. The molecule has 130 heavy (non-hydrogen) atoms. The number of aromatic hydroxyl groups is 6. The van der Waals surface area contributed by atoms with Crippen LogP contribution in [0.25, 0.3) is 28.7 Å². The summed E-state index contributed by atoms with van der Waals surface area (Å²) in [5, 5.41) is 91.4. The third kappa shape index (κ3) is 23.7. The van der Waals surface area contributed by atoms with Gasteiger partial charge < -0.3 is 69.8 Å². The Balaban J connectivity index is 0.000000183. The van der Waals surface area contributed by atoms with Crippen LogP contribution in [-0.4, -0.2) is 144 Å². The van der Waals surface area contributed by atoms with Crippen molar-refractivity contribution in [3.8, 4) is 40.2 Å². The molecule has 674 valence electrons. The van der Waals surface area contributed by atoms with Crippen molar-refractivity contribution in [3.63, 3.8) is 0 Å². The molecule has 0 spiro atoms. The summed E-state index contributed by atoms with van der Waals surface area (Å²) in [6.07, 6.45) is 7.53. The number of aryl methyl sites for hydroxylation is 9. The van der Waals surface area contributed by atoms with Crippen molar-refractivity contribution in [1.29, 1.82) is 0 Å². The number of carbonyl (C=O) groups excluding carboxylic acids is 5. The lowest BCUT2D eigenvalue weighted by Crippen LogP contribution is -2.22. The van der Waals surface area contributed by atoms with Crippen molar-refractivity contribution in [2.45, 2.75) is 126 Å². The third-order valence-electron chi connectivity index (χ3n) is 21.2. The van der Waals surface area contributed by atoms with E-state index < -0.39 is 57.4 Å². The second kappa shape index (κ2) is 42.6. The van der Waals surface area contributed by atoms with Crippen LogP contribution in [0.1, 0.15) is 167 Å². The first-order valence-corrected chi connectivity index (χ1v) is 42.5. The molecule has 2 aliphatic heterocycles. The Labute approximate surface area is 749 Å². The standard InChI is InChI=1S/C34H33N3O9S.C23H18N4O6.C17H19NO3.C17H20O2.C8H10O2/c1-21(43-3)16-17-45-33(39)24-8-7-9-27(18-24)47(41,42)36-26-14-12-23(13-15-26)31-29(34(40)46-35-31)19-25-20-37(22(2)32(38)44-4)30-11-6-5-10-28(25)30;1-12-18(20(28)26(24-12)16-7-3-14(4-8-16)22(30)31)11-19-13(2)25-27(21(19)29)17-9-5-15(6-10-17)23(32)33;1-3-11-7-12(4-2)9-13(8-11)17(21)18-15-10-14(19)5-6-16(15)20;1-10-5-12(3)16(18)14(7-10)9-15-8-11(2)6-13(4)17(15)19;1-5-3-8(10)6(2)4-7(5)9/h5-15,18-22,36H,16-17H2,1-4H3;3-11,24H,1-2H3,(H,30,31)(H,32,33);5-10,19-20H,3-4H2,1-2H3,(H,18,21);5-8,18-19H,9H2,1-4H3;3-4,9-10H,1-2H3. The van der Waals surface area contributed by atoms with E-state index in [4.69, 9.17) is 39.5 Å². The van der Waals surface area contributed by atoms with Crippen LogP contribution in [0.4, 0.5) is 17.1 Å². The first kappa shape index (κ1) is 96.6. The average Bonchev–Trinajstić information content (AvgIpc) is 1.62. The van der Waals surface area contributed by atoms with Crippen molar-refractivity contribution in [3.05, 3.63) is 322 Å². The first-order valence-electron chi connectivity index (χ1n) is 41.0. The predicted octanol–water partition coefficient (Wildman–Crippen LogP) is 16.9. The number of phenolic OH excluding ortho intramolecular Hbond substituents is 6. The quantitative estimate of drug-likeness (QED) is 0.00931. The molecule has 0 aliphatic carbocycles. The number of aromatic nitrogens is 3. The molecule has 0 saturated carbocycles. The van der Waals surface area contributed by atoms with E-state index >= 15 is 0 Å². The largest absolute Gasteiger partial charge is 0.508 e. The molecule has 30 nitrogen and oxygen atoms in total. The van der Waals surface area contributed by atoms with Crippen molar-refractivity contribution in [2.75, 3.05) is 35.9 Å². The van der Waals surface area contributed by atoms with E-state index in [9.17, 15) is 67.2 Å². The van der Waals surface area contributed by atoms with Crippen LogP contribution in [0.2, 0.25) is 0 Å². The number of H-pyrrole nitrogens is 1. The zero-order chi connectivity index (χ0) is 94.9. The Morgan fingerprint density at radius 2 is 1.17 bits per heavy atom. The molecular weight excluding hydrogens is 1690 g/mol. The second-order valence-electron chi connectivity index (χ2n) is 30.8. The Morgan fingerprint density at radius 3 is 1.73 bits per heavy atom. The summed E-state index contributed by atoms with van der Waals surface area (Å²) in [5.74, 6) is -3.60. The van der Waals surface area contributed by atoms with E-state index in [1.807, 2.05) is 109 Å². The van der Waals surface area contributed by atoms with Gasteiger partial charge in [0.1, 0.15) is 46.3 Å². The summed E-state index contributed by atoms with van der Waals surface area (Å²) in [6, 6.07) is 50.9. The minimum absolute atomic E-state index is 0.0142. The number of rotatable bonds is 23. The molecule has 0 radical (unpaired) electrons. The second-order valence-corrected chi connectivity index (χ2v) is 32.5. The van der Waals surface area contributed by atoms with Gasteiger partial charge in [0.2, 0.25) is 0 Å². The van der Waals surface area contributed by atoms with Crippen LogP contribution in [0.5, 0.6) is 34.5 Å². The predicted molar refractivity (Wildman–Crippen MR) is 495 cm³/mol. The Morgan fingerprint density at radius 1 is 0.592 bits per heavy atom. The van der Waals surface area contributed by atoms with Gasteiger partial charge in [-0.2, -0.15) is 10.1 Å². The highest BCUT2D eigenvalue weighted by Gasteiger charge is 2.32. The highest BCUT2D eigenvalue weighted by Crippen LogP contribution is 2.36. The summed E-state index contributed by atoms with van der Waals surface area (Å²) < 4.78 is 47.2. The number of aromatic carboxylic acids is 2. The maximum Gasteiger partial charge on any atom is 0.368 e. The molecule has 4 heterocycles. The topological polar surface area (TPSA) is 447 Å². The number of sulfonamides is 1. The number of nitrogens with zero attached hydrogens (tertiary/aromatic N) is 5. The molecule has 11 N–H and O–H groups in total. The van der Waals surface area contributed by atoms with Crippen molar-refractivity contribution < 1.29 is 102 Å². The van der Waals surface area contributed by atoms with Crippen LogP contribution < -0.4 is 20.6 Å². The number of methoxy groups -OCH3 is 2. The van der Waals surface area contributed by atoms with E-state index in [0.717, 1.165) is 73.3 Å². The van der Waals surface area contributed by atoms with Gasteiger partial charge in [-0.15, -0.1) is 0 Å². The number of oxime groups is 1. The number of carbonyl (C=O) groups is 7. The highest BCUT2D eigenvalue weighted by molar-refractivity contribution is 7.92. The number of hydrazone groups is 1. The molecule has 31 heteroatoms. The fraction of sp³-hybridized carbons (Fsp3) is 0.212. The van der Waals surface area contributed by atoms with Gasteiger partial charge in [0.05, 0.1) is 80.9 Å². The molecule has 0 fully saturated rings. The summed E-state index contributed by atoms with van der Waals surface area (Å²) >= 11 is 0. The van der Waals surface area contributed by atoms with Crippen LogP contribution in [-0.2, 0) is 62.7 Å². The molecule has 2 aliphatic rings. The van der Waals surface area contributed by atoms with E-state index in [1.165, 1.54) is 121 Å². The number of phenols is 6. The fourth-order valence-corrected chi connectivity index (χ4v) is 14.9. The summed E-state index contributed by atoms with van der Waals surface area (Å²) in [6.45, 7) is 22.4. The van der Waals surface area contributed by atoms with Crippen molar-refractivity contribution in [1.82, 2.24) is 14.3 Å². The number of ether oxygens (including phenoxy) is 3. The van der Waals surface area contributed by atoms with E-state index in [2.05, 4.69) is 31.5 Å². The Bertz CT molecular complexity index is 6510. The van der Waals surface area contributed by atoms with Gasteiger partial charge in [-0.3, -0.25) is 24.2 Å². The molecule has 12 aromatic rings. The van der Waals surface area contributed by atoms with Crippen LogP contribution in [0.3, 0.4) is 0 Å². The number of carboxylic acids is 2. The van der Waals surface area contributed by atoms with Crippen molar-refractivity contribution in [2.24, 2.45) is 10.3 Å². The zero-order valence-electron chi connectivity index (χ0n) is 73.8. The highest BCUT2D eigenvalue weighted by atomic mass is 32.2. The minimum atomic E-state index is -4.07. The normalized spacial score (nSPS) is 13.2. The number of para-hydroxylation sites is 1. The smallest absolute Gasteiger partial charge is 0.368 e. The Kier molecular flexibility index (Phi) is 31.6. The molecule has 10 aromatic carbocycles. The molecule has 0 bridgehead atoms. The molecule has 2 atom stereocenters. The van der Waals surface area contributed by atoms with E-state index in [-0.39, 0.29) is 97.0 Å². The summed E-state index contributed by atoms with van der Waals surface area (Å²) in [7, 11) is -1.18. The Hall–Kier alpha value is -15.6. The number of carboxylic acid groups (broad SMARTS) is 2. The van der Waals surface area contributed by atoms with Gasteiger partial charge in [-0.1, -0.05) is 96.9 Å². The van der Waals surface area contributed by atoms with Gasteiger partial charge in [-0.05, 0) is 260 Å². The summed E-state index contributed by atoms with van der Waals surface area (Å²) in [5.41, 5.74) is 14.8. The first-order chi connectivity index (χ1) is 61.7.